The summed E-state index contributed by atoms with van der Waals surface area (Å²) < 4.78 is 0. The van der Waals surface area contributed by atoms with Gasteiger partial charge in [0.2, 0.25) is 0 Å². The topological polar surface area (TPSA) is 40.0 Å². The van der Waals surface area contributed by atoms with Crippen LogP contribution in [0.25, 0.3) is 0 Å². The summed E-state index contributed by atoms with van der Waals surface area (Å²) in [5.74, 6) is 0. The number of rotatable bonds is 6. The lowest BCUT2D eigenvalue weighted by Gasteiger charge is -2.09. The fourth-order valence-corrected chi connectivity index (χ4v) is 0.631. The Labute approximate surface area is 74.4 Å². The Morgan fingerprint density at radius 2 is 2.08 bits per heavy atom. The Kier molecular flexibility index (Phi) is 7.91. The summed E-state index contributed by atoms with van der Waals surface area (Å²) in [7, 11) is 3.95. The summed E-state index contributed by atoms with van der Waals surface area (Å²) in [6.07, 6.45) is 1.02. The lowest BCUT2D eigenvalue weighted by Crippen LogP contribution is -2.31. The van der Waals surface area contributed by atoms with E-state index in [9.17, 15) is 0 Å². The number of nitrogens with zero attached hydrogens (tertiary/aromatic N) is 3. The van der Waals surface area contributed by atoms with E-state index in [1.54, 1.807) is 0 Å². The van der Waals surface area contributed by atoms with Crippen LogP contribution in [-0.4, -0.2) is 44.7 Å². The highest BCUT2D eigenvalue weighted by atomic mass is 15.5. The first-order chi connectivity index (χ1) is 5.77. The zero-order chi connectivity index (χ0) is 9.23. The van der Waals surface area contributed by atoms with E-state index in [1.165, 1.54) is 0 Å². The molecule has 0 aromatic carbocycles. The summed E-state index contributed by atoms with van der Waals surface area (Å²) in [6, 6.07) is 2.63. The van der Waals surface area contributed by atoms with Gasteiger partial charge >= 0.3 is 0 Å². The van der Waals surface area contributed by atoms with E-state index < -0.39 is 0 Å². The van der Waals surface area contributed by atoms with E-state index in [0.717, 1.165) is 26.1 Å². The summed E-state index contributed by atoms with van der Waals surface area (Å²) in [5.41, 5.74) is 3.15. The fourth-order valence-electron chi connectivity index (χ4n) is 0.631. The van der Waals surface area contributed by atoms with Crippen LogP contribution in [0.3, 0.4) is 0 Å². The maximum absolute atomic E-state index is 3.98. The van der Waals surface area contributed by atoms with E-state index in [4.69, 9.17) is 0 Å². The van der Waals surface area contributed by atoms with Gasteiger partial charge in [0.15, 0.2) is 0 Å². The van der Waals surface area contributed by atoms with Gasteiger partial charge in [-0.1, -0.05) is 0 Å². The van der Waals surface area contributed by atoms with Gasteiger partial charge in [0.25, 0.3) is 0 Å². The highest BCUT2D eigenvalue weighted by molar-refractivity contribution is 5.40. The van der Waals surface area contributed by atoms with Crippen LogP contribution >= 0.6 is 0 Å². The second kappa shape index (κ2) is 8.40. The standard InChI is InChI=1S/C8H18N4/c1-4-9-8-10-6-5-7-11-12(2)3/h11H,4-7H2,1-3H3. The monoisotopic (exact) mass is 170 g/mol. The third-order valence-electron chi connectivity index (χ3n) is 1.17. The molecule has 0 bridgehead atoms. The van der Waals surface area contributed by atoms with Gasteiger partial charge in [-0.25, -0.2) is 9.98 Å². The molecule has 12 heavy (non-hydrogen) atoms. The van der Waals surface area contributed by atoms with Crippen molar-refractivity contribution in [2.75, 3.05) is 33.7 Å². The van der Waals surface area contributed by atoms with Crippen LogP contribution in [0.2, 0.25) is 0 Å². The van der Waals surface area contributed by atoms with Crippen LogP contribution in [0.15, 0.2) is 9.98 Å². The number of hydrazine groups is 1. The maximum atomic E-state index is 3.98. The molecule has 0 amide bonds. The summed E-state index contributed by atoms with van der Waals surface area (Å²) in [4.78, 5) is 7.84. The third kappa shape index (κ3) is 9.30. The number of aliphatic imine (C=N–C) groups is 2. The molecule has 0 rings (SSSR count). The average molecular weight is 170 g/mol. The quantitative estimate of drug-likeness (QED) is 0.361. The number of hydrogen-bond acceptors (Lipinski definition) is 4. The summed E-state index contributed by atoms with van der Waals surface area (Å²) >= 11 is 0. The number of nitrogens with one attached hydrogen (secondary N) is 1. The van der Waals surface area contributed by atoms with Gasteiger partial charge in [0, 0.05) is 27.2 Å². The molecule has 0 aromatic heterocycles. The Morgan fingerprint density at radius 3 is 2.67 bits per heavy atom. The fraction of sp³-hybridized carbons (Fsp3) is 0.875. The van der Waals surface area contributed by atoms with Crippen molar-refractivity contribution in [3.63, 3.8) is 0 Å². The molecule has 0 unspecified atom stereocenters. The number of hydrogen-bond donors (Lipinski definition) is 1. The van der Waals surface area contributed by atoms with Gasteiger partial charge in [-0.3, -0.25) is 10.4 Å². The third-order valence-corrected chi connectivity index (χ3v) is 1.17. The first-order valence-corrected chi connectivity index (χ1v) is 4.26. The first kappa shape index (κ1) is 11.3. The summed E-state index contributed by atoms with van der Waals surface area (Å²) in [6.45, 7) is 4.48. The molecule has 0 aliphatic heterocycles. The normalized spacial score (nSPS) is 9.67. The van der Waals surface area contributed by atoms with Gasteiger partial charge in [-0.2, -0.15) is 0 Å². The van der Waals surface area contributed by atoms with Crippen LogP contribution in [0, 0.1) is 0 Å². The van der Waals surface area contributed by atoms with Crippen LogP contribution in [0.4, 0.5) is 0 Å². The van der Waals surface area contributed by atoms with E-state index >= 15 is 0 Å². The van der Waals surface area contributed by atoms with Gasteiger partial charge in [0.1, 0.15) is 0 Å². The van der Waals surface area contributed by atoms with Crippen molar-refractivity contribution < 1.29 is 0 Å². The zero-order valence-electron chi connectivity index (χ0n) is 8.17. The second-order valence-corrected chi connectivity index (χ2v) is 2.61. The minimum Gasteiger partial charge on any atom is -0.256 e. The van der Waals surface area contributed by atoms with Crippen LogP contribution < -0.4 is 5.43 Å². The lowest BCUT2D eigenvalue weighted by molar-refractivity contribution is 0.289. The largest absolute Gasteiger partial charge is 0.256 e. The van der Waals surface area contributed by atoms with Gasteiger partial charge < -0.3 is 0 Å². The molecule has 4 heteroatoms. The molecule has 0 saturated heterocycles. The van der Waals surface area contributed by atoms with E-state index in [-0.39, 0.29) is 0 Å². The average Bonchev–Trinajstić information content (AvgIpc) is 2.02. The van der Waals surface area contributed by atoms with Crippen molar-refractivity contribution >= 4 is 6.01 Å². The van der Waals surface area contributed by atoms with Crippen molar-refractivity contribution in [3.05, 3.63) is 0 Å². The lowest BCUT2D eigenvalue weighted by atomic mass is 10.4. The van der Waals surface area contributed by atoms with Gasteiger partial charge in [0.05, 0.1) is 12.6 Å². The highest BCUT2D eigenvalue weighted by Crippen LogP contribution is 1.77. The van der Waals surface area contributed by atoms with Crippen LogP contribution in [0.1, 0.15) is 13.3 Å². The molecule has 0 aromatic rings. The summed E-state index contributed by atoms with van der Waals surface area (Å²) in [5, 5.41) is 1.93. The predicted octanol–water partition coefficient (Wildman–Crippen LogP) is 0.637. The molecule has 0 aliphatic rings. The minimum atomic E-state index is 0.763. The Bertz CT molecular complexity index is 147. The van der Waals surface area contributed by atoms with Crippen molar-refractivity contribution in [2.24, 2.45) is 9.98 Å². The molecule has 1 N–H and O–H groups in total. The molecular formula is C8H18N4. The van der Waals surface area contributed by atoms with Crippen molar-refractivity contribution in [2.45, 2.75) is 13.3 Å². The van der Waals surface area contributed by atoms with Crippen molar-refractivity contribution in [1.82, 2.24) is 10.4 Å². The van der Waals surface area contributed by atoms with Crippen molar-refractivity contribution in [3.8, 4) is 0 Å². The molecule has 0 radical (unpaired) electrons. The SMILES string of the molecule is CCN=C=NCCCNN(C)C. The molecule has 4 nitrogen and oxygen atoms in total. The molecular weight excluding hydrogens is 152 g/mol. The molecule has 0 heterocycles. The minimum absolute atomic E-state index is 0.763. The van der Waals surface area contributed by atoms with E-state index in [0.29, 0.717) is 0 Å². The Morgan fingerprint density at radius 1 is 1.33 bits per heavy atom. The van der Waals surface area contributed by atoms with Gasteiger partial charge in [-0.05, 0) is 13.3 Å². The second-order valence-electron chi connectivity index (χ2n) is 2.61. The highest BCUT2D eigenvalue weighted by Gasteiger charge is 1.86. The zero-order valence-corrected chi connectivity index (χ0v) is 8.17. The van der Waals surface area contributed by atoms with Crippen molar-refractivity contribution in [1.29, 1.82) is 0 Å². The molecule has 0 fully saturated rings. The van der Waals surface area contributed by atoms with Crippen LogP contribution in [0.5, 0.6) is 0 Å². The van der Waals surface area contributed by atoms with E-state index in [2.05, 4.69) is 21.4 Å². The molecule has 0 atom stereocenters. The maximum Gasteiger partial charge on any atom is 0.0892 e. The Balaban J connectivity index is 3.16. The first-order valence-electron chi connectivity index (χ1n) is 4.26. The van der Waals surface area contributed by atoms with Gasteiger partial charge in [-0.15, -0.1) is 0 Å². The molecule has 0 spiro atoms. The molecule has 70 valence electrons. The Hall–Kier alpha value is -0.700. The van der Waals surface area contributed by atoms with Crippen LogP contribution in [-0.2, 0) is 0 Å². The predicted molar refractivity (Wildman–Crippen MR) is 51.6 cm³/mol. The van der Waals surface area contributed by atoms with E-state index in [1.807, 2.05) is 26.0 Å². The molecule has 0 saturated carbocycles. The smallest absolute Gasteiger partial charge is 0.0892 e. The molecule has 0 aliphatic carbocycles.